The fraction of sp³-hybridized carbons (Fsp3) is 0.700. The number of halogens is 1. The lowest BCUT2D eigenvalue weighted by Gasteiger charge is -1.97. The van der Waals surface area contributed by atoms with Gasteiger partial charge in [0.05, 0.1) is 17.8 Å². The molecule has 0 aliphatic rings. The van der Waals surface area contributed by atoms with Crippen LogP contribution in [-0.2, 0) is 6.54 Å². The highest BCUT2D eigenvalue weighted by Gasteiger charge is 2.18. The number of aromatic nitrogens is 2. The molecule has 1 rings (SSSR count). The molecule has 0 aromatic carbocycles. The average Bonchev–Trinajstić information content (AvgIpc) is 2.59. The van der Waals surface area contributed by atoms with Gasteiger partial charge in [0.25, 0.3) is 0 Å². The third-order valence-electron chi connectivity index (χ3n) is 2.36. The van der Waals surface area contributed by atoms with Gasteiger partial charge in [-0.3, -0.25) is 0 Å². The van der Waals surface area contributed by atoms with Crippen LogP contribution in [0.15, 0.2) is 6.20 Å². The van der Waals surface area contributed by atoms with Gasteiger partial charge in [0, 0.05) is 0 Å². The van der Waals surface area contributed by atoms with E-state index in [9.17, 15) is 10.1 Å². The van der Waals surface area contributed by atoms with Crippen LogP contribution in [0, 0.1) is 10.1 Å². The number of unbranched alkanes of at least 4 members (excludes halogenated alkanes) is 4. The van der Waals surface area contributed by atoms with Gasteiger partial charge in [0.1, 0.15) is 0 Å². The van der Waals surface area contributed by atoms with Gasteiger partial charge in [-0.1, -0.05) is 44.2 Å². The average molecular weight is 246 g/mol. The summed E-state index contributed by atoms with van der Waals surface area (Å²) in [5, 5.41) is 14.4. The van der Waals surface area contributed by atoms with Crippen LogP contribution in [0.5, 0.6) is 0 Å². The number of nitrogens with zero attached hydrogens (tertiary/aromatic N) is 3. The molecule has 90 valence electrons. The van der Waals surface area contributed by atoms with Crippen molar-refractivity contribution >= 4 is 17.4 Å². The number of rotatable bonds is 7. The molecule has 0 atom stereocenters. The van der Waals surface area contributed by atoms with Crippen molar-refractivity contribution in [1.29, 1.82) is 0 Å². The molecule has 0 radical (unpaired) electrons. The predicted molar refractivity (Wildman–Crippen MR) is 62.7 cm³/mol. The zero-order valence-corrected chi connectivity index (χ0v) is 10.1. The predicted octanol–water partition coefficient (Wildman–Crippen LogP) is 3.42. The second kappa shape index (κ2) is 6.48. The maximum Gasteiger partial charge on any atom is 0.408 e. The van der Waals surface area contributed by atoms with Gasteiger partial charge in [-0.15, -0.1) is 0 Å². The molecular weight excluding hydrogens is 230 g/mol. The summed E-state index contributed by atoms with van der Waals surface area (Å²) in [4.78, 5) is 9.94. The van der Waals surface area contributed by atoms with Crippen LogP contribution in [0.25, 0.3) is 0 Å². The molecular formula is C10H16ClN3O2. The van der Waals surface area contributed by atoms with Crippen molar-refractivity contribution in [2.24, 2.45) is 0 Å². The summed E-state index contributed by atoms with van der Waals surface area (Å²) in [6, 6.07) is 0. The van der Waals surface area contributed by atoms with Gasteiger partial charge in [-0.2, -0.15) is 4.68 Å². The standard InChI is InChI=1S/C10H16ClN3O2/c1-2-3-4-5-6-7-13-8-9(11)10(12-13)14(15)16/h8H,2-7H2,1H3. The third kappa shape index (κ3) is 3.81. The molecule has 1 aromatic heterocycles. The molecule has 0 aliphatic heterocycles. The minimum absolute atomic E-state index is 0.110. The van der Waals surface area contributed by atoms with Gasteiger partial charge in [0.2, 0.25) is 0 Å². The highest BCUT2D eigenvalue weighted by molar-refractivity contribution is 6.32. The topological polar surface area (TPSA) is 61.0 Å². The molecule has 16 heavy (non-hydrogen) atoms. The summed E-state index contributed by atoms with van der Waals surface area (Å²) < 4.78 is 1.55. The van der Waals surface area contributed by atoms with Gasteiger partial charge < -0.3 is 10.1 Å². The Hall–Kier alpha value is -1.10. The summed E-state index contributed by atoms with van der Waals surface area (Å²) in [6.07, 6.45) is 7.26. The third-order valence-corrected chi connectivity index (χ3v) is 2.63. The molecule has 0 saturated heterocycles. The maximum absolute atomic E-state index is 10.5. The van der Waals surface area contributed by atoms with Crippen LogP contribution in [0.3, 0.4) is 0 Å². The smallest absolute Gasteiger partial charge is 0.358 e. The number of hydrogen-bond acceptors (Lipinski definition) is 3. The van der Waals surface area contributed by atoms with E-state index in [0.717, 1.165) is 12.8 Å². The van der Waals surface area contributed by atoms with Crippen LogP contribution in [0.4, 0.5) is 5.82 Å². The number of hydrogen-bond donors (Lipinski definition) is 0. The van der Waals surface area contributed by atoms with E-state index in [2.05, 4.69) is 12.0 Å². The first-order valence-electron chi connectivity index (χ1n) is 5.52. The van der Waals surface area contributed by atoms with Gasteiger partial charge >= 0.3 is 5.82 Å². The molecule has 1 heterocycles. The molecule has 0 fully saturated rings. The lowest BCUT2D eigenvalue weighted by molar-refractivity contribution is -0.389. The van der Waals surface area contributed by atoms with E-state index in [1.54, 1.807) is 4.68 Å². The van der Waals surface area contributed by atoms with Crippen LogP contribution >= 0.6 is 11.6 Å². The van der Waals surface area contributed by atoms with Crippen molar-refractivity contribution in [1.82, 2.24) is 9.78 Å². The zero-order valence-electron chi connectivity index (χ0n) is 9.36. The Morgan fingerprint density at radius 1 is 1.44 bits per heavy atom. The van der Waals surface area contributed by atoms with Gasteiger partial charge in [-0.05, 0) is 11.3 Å². The Balaban J connectivity index is 2.37. The Morgan fingerprint density at radius 2 is 2.12 bits per heavy atom. The fourth-order valence-corrected chi connectivity index (χ4v) is 1.72. The molecule has 0 unspecified atom stereocenters. The Morgan fingerprint density at radius 3 is 2.69 bits per heavy atom. The lowest BCUT2D eigenvalue weighted by Crippen LogP contribution is -1.99. The number of nitro groups is 1. The van der Waals surface area contributed by atoms with E-state index >= 15 is 0 Å². The van der Waals surface area contributed by atoms with Gasteiger partial charge in [-0.25, -0.2) is 0 Å². The minimum Gasteiger partial charge on any atom is -0.358 e. The Bertz CT molecular complexity index is 352. The van der Waals surface area contributed by atoms with E-state index in [-0.39, 0.29) is 10.8 Å². The van der Waals surface area contributed by atoms with Crippen LogP contribution in [0.2, 0.25) is 5.02 Å². The monoisotopic (exact) mass is 245 g/mol. The van der Waals surface area contributed by atoms with E-state index in [0.29, 0.717) is 6.54 Å². The van der Waals surface area contributed by atoms with E-state index in [4.69, 9.17) is 11.6 Å². The molecule has 0 saturated carbocycles. The van der Waals surface area contributed by atoms with Crippen molar-refractivity contribution in [3.05, 3.63) is 21.3 Å². The Labute approximate surface area is 99.5 Å². The van der Waals surface area contributed by atoms with Crippen LogP contribution in [0.1, 0.15) is 39.0 Å². The largest absolute Gasteiger partial charge is 0.408 e. The first-order chi connectivity index (χ1) is 7.65. The molecule has 5 nitrogen and oxygen atoms in total. The van der Waals surface area contributed by atoms with E-state index < -0.39 is 4.92 Å². The first-order valence-corrected chi connectivity index (χ1v) is 5.90. The SMILES string of the molecule is CCCCCCCn1cc(Cl)c([N+](=O)[O-])n1. The first kappa shape index (κ1) is 13.0. The van der Waals surface area contributed by atoms with Crippen LogP contribution in [-0.4, -0.2) is 14.7 Å². The zero-order chi connectivity index (χ0) is 12.0. The summed E-state index contributed by atoms with van der Waals surface area (Å²) >= 11 is 5.68. The molecule has 0 spiro atoms. The number of aryl methyl sites for hydroxylation is 1. The van der Waals surface area contributed by atoms with Crippen molar-refractivity contribution in [2.45, 2.75) is 45.6 Å². The minimum atomic E-state index is -0.560. The van der Waals surface area contributed by atoms with E-state index in [1.165, 1.54) is 25.5 Å². The fourth-order valence-electron chi connectivity index (χ4n) is 1.50. The molecule has 0 aliphatic carbocycles. The molecule has 0 N–H and O–H groups in total. The maximum atomic E-state index is 10.5. The van der Waals surface area contributed by atoms with E-state index in [1.807, 2.05) is 0 Å². The normalized spacial score (nSPS) is 10.6. The highest BCUT2D eigenvalue weighted by atomic mass is 35.5. The lowest BCUT2D eigenvalue weighted by atomic mass is 10.1. The highest BCUT2D eigenvalue weighted by Crippen LogP contribution is 2.21. The second-order valence-electron chi connectivity index (χ2n) is 3.74. The summed E-state index contributed by atoms with van der Waals surface area (Å²) in [5.74, 6) is -0.254. The summed E-state index contributed by atoms with van der Waals surface area (Å²) in [6.45, 7) is 2.86. The molecule has 0 amide bonds. The van der Waals surface area contributed by atoms with Crippen molar-refractivity contribution < 1.29 is 4.92 Å². The van der Waals surface area contributed by atoms with Crippen LogP contribution < -0.4 is 0 Å². The second-order valence-corrected chi connectivity index (χ2v) is 4.14. The summed E-state index contributed by atoms with van der Waals surface area (Å²) in [7, 11) is 0. The quantitative estimate of drug-likeness (QED) is 0.420. The Kier molecular flexibility index (Phi) is 5.25. The molecule has 0 bridgehead atoms. The van der Waals surface area contributed by atoms with Crippen molar-refractivity contribution in [2.75, 3.05) is 0 Å². The van der Waals surface area contributed by atoms with Crippen molar-refractivity contribution in [3.63, 3.8) is 0 Å². The molecule has 6 heteroatoms. The molecule has 1 aromatic rings. The summed E-state index contributed by atoms with van der Waals surface area (Å²) in [5.41, 5.74) is 0. The van der Waals surface area contributed by atoms with Gasteiger partial charge in [0.15, 0.2) is 5.02 Å². The van der Waals surface area contributed by atoms with Crippen molar-refractivity contribution in [3.8, 4) is 0 Å².